The summed E-state index contributed by atoms with van der Waals surface area (Å²) in [6.07, 6.45) is 3.22. The van der Waals surface area contributed by atoms with Gasteiger partial charge < -0.3 is 13.9 Å². The lowest BCUT2D eigenvalue weighted by molar-refractivity contribution is -0.893. The van der Waals surface area contributed by atoms with Crippen molar-refractivity contribution in [3.8, 4) is 0 Å². The van der Waals surface area contributed by atoms with Crippen LogP contribution in [-0.4, -0.2) is 28.9 Å². The second-order valence-corrected chi connectivity index (χ2v) is 10.1. The van der Waals surface area contributed by atoms with Crippen LogP contribution in [0.2, 0.25) is 0 Å². The summed E-state index contributed by atoms with van der Waals surface area (Å²) in [6.45, 7) is 11.8. The van der Waals surface area contributed by atoms with Gasteiger partial charge >= 0.3 is 5.63 Å². The highest BCUT2D eigenvalue weighted by molar-refractivity contribution is 7.98. The fraction of sp³-hybridized carbons (Fsp3) is 0.560. The van der Waals surface area contributed by atoms with Crippen molar-refractivity contribution < 1.29 is 9.32 Å². The number of fused-ring (bicyclic) bond motifs is 1. The number of nitrogens with one attached hydrogen (secondary N) is 1. The maximum absolute atomic E-state index is 12.2. The fourth-order valence-corrected chi connectivity index (χ4v) is 5.28. The highest BCUT2D eigenvalue weighted by atomic mass is 32.2. The van der Waals surface area contributed by atoms with Crippen molar-refractivity contribution in [3.05, 3.63) is 51.1 Å². The van der Waals surface area contributed by atoms with Gasteiger partial charge in [0.1, 0.15) is 11.6 Å². The number of quaternary nitrogens is 1. The zero-order valence-electron chi connectivity index (χ0n) is 20.5. The Bertz CT molecular complexity index is 1120. The Morgan fingerprint density at radius 1 is 1.16 bits per heavy atom. The molecule has 0 aliphatic rings. The van der Waals surface area contributed by atoms with E-state index in [0.717, 1.165) is 53.3 Å². The first kappa shape index (κ1) is 24.5. The molecule has 32 heavy (non-hydrogen) atoms. The van der Waals surface area contributed by atoms with Gasteiger partial charge in [-0.25, -0.2) is 4.79 Å². The number of unbranched alkanes of at least 4 members (excludes halogenated alkanes) is 1. The van der Waals surface area contributed by atoms with E-state index in [2.05, 4.69) is 69.5 Å². The molecule has 3 aromatic rings. The van der Waals surface area contributed by atoms with Crippen molar-refractivity contribution in [1.29, 1.82) is 0 Å². The van der Waals surface area contributed by atoms with E-state index >= 15 is 0 Å². The van der Waals surface area contributed by atoms with Crippen LogP contribution >= 0.6 is 11.8 Å². The van der Waals surface area contributed by atoms with Crippen molar-refractivity contribution in [2.75, 3.05) is 14.1 Å². The van der Waals surface area contributed by atoms with Gasteiger partial charge in [0, 0.05) is 30.2 Å². The lowest BCUT2D eigenvalue weighted by atomic mass is 9.95. The van der Waals surface area contributed by atoms with Crippen molar-refractivity contribution in [1.82, 2.24) is 14.8 Å². The molecule has 2 heterocycles. The summed E-state index contributed by atoms with van der Waals surface area (Å²) in [5, 5.41) is 11.1. The van der Waals surface area contributed by atoms with E-state index in [4.69, 9.17) is 4.42 Å². The molecular weight excluding hydrogens is 420 g/mol. The number of benzene rings is 1. The zero-order valence-corrected chi connectivity index (χ0v) is 21.3. The summed E-state index contributed by atoms with van der Waals surface area (Å²) in [7, 11) is 4.34. The highest BCUT2D eigenvalue weighted by Crippen LogP contribution is 2.31. The van der Waals surface area contributed by atoms with E-state index in [-0.39, 0.29) is 5.63 Å². The van der Waals surface area contributed by atoms with Gasteiger partial charge in [0.05, 0.1) is 14.1 Å². The summed E-state index contributed by atoms with van der Waals surface area (Å²) in [5.74, 6) is 2.11. The average molecular weight is 458 g/mol. The third-order valence-corrected chi connectivity index (χ3v) is 7.11. The SMILES string of the molecule is CCCCn1c(SCc2cc(=O)oc3cc(C)c(C(C)C)cc23)nnc1[C@@H](CC)[NH+](C)C. The molecule has 2 aromatic heterocycles. The second kappa shape index (κ2) is 10.7. The van der Waals surface area contributed by atoms with E-state index in [9.17, 15) is 4.79 Å². The van der Waals surface area contributed by atoms with Gasteiger partial charge in [-0.05, 0) is 48.1 Å². The van der Waals surface area contributed by atoms with Gasteiger partial charge in [-0.3, -0.25) is 0 Å². The molecule has 0 spiro atoms. The molecule has 0 unspecified atom stereocenters. The Morgan fingerprint density at radius 3 is 2.53 bits per heavy atom. The van der Waals surface area contributed by atoms with Gasteiger partial charge in [-0.1, -0.05) is 45.9 Å². The lowest BCUT2D eigenvalue weighted by Crippen LogP contribution is -3.06. The predicted octanol–water partition coefficient (Wildman–Crippen LogP) is 4.50. The summed E-state index contributed by atoms with van der Waals surface area (Å²) in [6, 6.07) is 6.12. The van der Waals surface area contributed by atoms with E-state index in [1.165, 1.54) is 10.5 Å². The molecule has 1 N–H and O–H groups in total. The lowest BCUT2D eigenvalue weighted by Gasteiger charge is -2.20. The van der Waals surface area contributed by atoms with Gasteiger partial charge in [0.2, 0.25) is 0 Å². The second-order valence-electron chi connectivity index (χ2n) is 9.12. The topological polar surface area (TPSA) is 65.4 Å². The van der Waals surface area contributed by atoms with Gasteiger partial charge in [0.15, 0.2) is 11.0 Å². The number of rotatable bonds is 10. The van der Waals surface area contributed by atoms with E-state index in [1.807, 2.05) is 6.07 Å². The Kier molecular flexibility index (Phi) is 8.17. The Hall–Kier alpha value is -2.12. The molecule has 0 saturated heterocycles. The molecule has 7 heteroatoms. The van der Waals surface area contributed by atoms with Crippen molar-refractivity contribution in [3.63, 3.8) is 0 Å². The standard InChI is InChI=1S/C25H36N4O2S/c1-8-10-11-29-24(21(9-2)28(6)7)26-27-25(29)32-15-18-13-23(30)31-22-12-17(5)19(16(3)4)14-20(18)22/h12-14,16,21H,8-11,15H2,1-7H3/p+1/t21-/m1/s1. The number of thioether (sulfide) groups is 1. The molecule has 1 aromatic carbocycles. The number of hydrogen-bond donors (Lipinski definition) is 1. The van der Waals surface area contributed by atoms with E-state index < -0.39 is 0 Å². The fourth-order valence-electron chi connectivity index (χ4n) is 4.32. The van der Waals surface area contributed by atoms with Crippen molar-refractivity contribution in [2.45, 2.75) is 83.3 Å². The molecule has 174 valence electrons. The Balaban J connectivity index is 1.98. The number of hydrogen-bond acceptors (Lipinski definition) is 5. The van der Waals surface area contributed by atoms with Crippen LogP contribution in [-0.2, 0) is 12.3 Å². The number of aryl methyl sites for hydroxylation is 1. The van der Waals surface area contributed by atoms with Crippen LogP contribution in [0.1, 0.15) is 81.4 Å². The summed E-state index contributed by atoms with van der Waals surface area (Å²) in [4.78, 5) is 13.6. The van der Waals surface area contributed by atoms with E-state index in [0.29, 0.717) is 23.3 Å². The van der Waals surface area contributed by atoms with Gasteiger partial charge in [-0.15, -0.1) is 10.2 Å². The predicted molar refractivity (Wildman–Crippen MR) is 132 cm³/mol. The van der Waals surface area contributed by atoms with Gasteiger partial charge in [0.25, 0.3) is 0 Å². The monoisotopic (exact) mass is 457 g/mol. The van der Waals surface area contributed by atoms with Crippen molar-refractivity contribution >= 4 is 22.7 Å². The number of nitrogens with zero attached hydrogens (tertiary/aromatic N) is 3. The molecule has 1 atom stereocenters. The zero-order chi connectivity index (χ0) is 23.4. The molecule has 0 amide bonds. The molecular formula is C25H37N4O2S+. The largest absolute Gasteiger partial charge is 0.423 e. The van der Waals surface area contributed by atoms with Crippen LogP contribution < -0.4 is 10.5 Å². The minimum atomic E-state index is -0.305. The van der Waals surface area contributed by atoms with Crippen molar-refractivity contribution in [2.24, 2.45) is 0 Å². The summed E-state index contributed by atoms with van der Waals surface area (Å²) >= 11 is 1.65. The molecule has 6 nitrogen and oxygen atoms in total. The van der Waals surface area contributed by atoms with E-state index in [1.54, 1.807) is 17.8 Å². The minimum Gasteiger partial charge on any atom is -0.423 e. The van der Waals surface area contributed by atoms with Crippen LogP contribution in [0.5, 0.6) is 0 Å². The molecule has 0 fully saturated rings. The molecule has 3 rings (SSSR count). The first-order valence-electron chi connectivity index (χ1n) is 11.7. The molecule has 0 saturated carbocycles. The van der Waals surface area contributed by atoms with Crippen LogP contribution in [0.25, 0.3) is 11.0 Å². The quantitative estimate of drug-likeness (QED) is 0.359. The average Bonchev–Trinajstić information content (AvgIpc) is 3.12. The molecule has 0 aliphatic heterocycles. The third-order valence-electron chi connectivity index (χ3n) is 6.09. The van der Waals surface area contributed by atoms with Crippen LogP contribution in [0, 0.1) is 6.92 Å². The maximum Gasteiger partial charge on any atom is 0.336 e. The Labute approximate surface area is 195 Å². The molecule has 0 radical (unpaired) electrons. The third kappa shape index (κ3) is 5.26. The number of aromatic nitrogens is 3. The molecule has 0 aliphatic carbocycles. The van der Waals surface area contributed by atoms with Crippen LogP contribution in [0.15, 0.2) is 32.6 Å². The minimum absolute atomic E-state index is 0.305. The van der Waals surface area contributed by atoms with Crippen LogP contribution in [0.3, 0.4) is 0 Å². The highest BCUT2D eigenvalue weighted by Gasteiger charge is 2.25. The van der Waals surface area contributed by atoms with Gasteiger partial charge in [-0.2, -0.15) is 0 Å². The normalized spacial score (nSPS) is 12.9. The smallest absolute Gasteiger partial charge is 0.336 e. The Morgan fingerprint density at radius 2 is 1.91 bits per heavy atom. The first-order chi connectivity index (χ1) is 15.3. The van der Waals surface area contributed by atoms with Crippen LogP contribution in [0.4, 0.5) is 0 Å². The molecule has 0 bridgehead atoms. The summed E-state index contributed by atoms with van der Waals surface area (Å²) < 4.78 is 7.81. The maximum atomic E-state index is 12.2. The summed E-state index contributed by atoms with van der Waals surface area (Å²) in [5.41, 5.74) is 3.78. The first-order valence-corrected chi connectivity index (χ1v) is 12.7.